The summed E-state index contributed by atoms with van der Waals surface area (Å²) < 4.78 is 11.4. The van der Waals surface area contributed by atoms with E-state index in [9.17, 15) is 0 Å². The van der Waals surface area contributed by atoms with Crippen molar-refractivity contribution in [3.8, 4) is 22.8 Å². The summed E-state index contributed by atoms with van der Waals surface area (Å²) in [4.78, 5) is 3.43. The van der Waals surface area contributed by atoms with Crippen molar-refractivity contribution in [1.29, 1.82) is 0 Å². The predicted molar refractivity (Wildman–Crippen MR) is 95.1 cm³/mol. The predicted octanol–water partition coefficient (Wildman–Crippen LogP) is -3.34. The van der Waals surface area contributed by atoms with E-state index < -0.39 is 0 Å². The Morgan fingerprint density at radius 1 is 1.00 bits per heavy atom. The van der Waals surface area contributed by atoms with Gasteiger partial charge < -0.3 is 40.0 Å². The minimum absolute atomic E-state index is 0. The maximum absolute atomic E-state index is 5.97. The molecule has 0 unspecified atom stereocenters. The van der Waals surface area contributed by atoms with Crippen LogP contribution >= 0.6 is 0 Å². The van der Waals surface area contributed by atoms with Crippen LogP contribution in [0.25, 0.3) is 21.9 Å². The highest BCUT2D eigenvalue weighted by atomic mass is 35.5. The molecule has 2 aromatic carbocycles. The molecule has 0 aliphatic rings. The van der Waals surface area contributed by atoms with Gasteiger partial charge in [-0.05, 0) is 23.8 Å². The molecule has 0 spiro atoms. The molecule has 0 bridgehead atoms. The highest BCUT2D eigenvalue weighted by molar-refractivity contribution is 5.99. The highest BCUT2D eigenvalue weighted by Gasteiger charge is 2.20. The van der Waals surface area contributed by atoms with Crippen LogP contribution in [0.1, 0.15) is 12.1 Å². The van der Waals surface area contributed by atoms with E-state index in [1.165, 1.54) is 11.1 Å². The van der Waals surface area contributed by atoms with Crippen LogP contribution in [0.4, 0.5) is 0 Å². The standard InChI is InChI=1S/C20H22N2O2.2ClH/c1-14-19(15-7-4-3-5-8-15)18-13-16(23-2)9-10-17(18)20(22-14)24-12-6-11-21;;/h3-5,7-10,13H,6,11-12,21H2,1-2H3;2*1H. The highest BCUT2D eigenvalue weighted by Crippen LogP contribution is 2.35. The van der Waals surface area contributed by atoms with Crippen molar-refractivity contribution in [3.63, 3.8) is 0 Å². The first-order chi connectivity index (χ1) is 11.7. The molecule has 0 atom stereocenters. The Balaban J connectivity index is 0.00000169. The maximum atomic E-state index is 5.97. The molecular weight excluding hydrogens is 371 g/mol. The van der Waals surface area contributed by atoms with Gasteiger partial charge in [0, 0.05) is 18.7 Å². The Labute approximate surface area is 166 Å². The number of ether oxygens (including phenoxy) is 2. The third kappa shape index (κ3) is 4.58. The van der Waals surface area contributed by atoms with Crippen LogP contribution in [0.15, 0.2) is 48.5 Å². The van der Waals surface area contributed by atoms with E-state index >= 15 is 0 Å². The molecule has 140 valence electrons. The molecule has 0 saturated carbocycles. The first kappa shape index (κ1) is 22.0. The number of hydrogen-bond donors (Lipinski definition) is 1. The lowest BCUT2D eigenvalue weighted by Crippen LogP contribution is -3.00. The summed E-state index contributed by atoms with van der Waals surface area (Å²) in [6.45, 7) is 3.60. The molecule has 0 aliphatic heterocycles. The van der Waals surface area contributed by atoms with Crippen molar-refractivity contribution >= 4 is 10.8 Å². The number of H-pyrrole nitrogens is 1. The number of methoxy groups -OCH3 is 1. The van der Waals surface area contributed by atoms with Crippen LogP contribution in [0, 0.1) is 6.92 Å². The van der Waals surface area contributed by atoms with Crippen molar-refractivity contribution in [1.82, 2.24) is 0 Å². The Bertz CT molecular complexity index is 842. The zero-order valence-corrected chi connectivity index (χ0v) is 16.5. The Morgan fingerprint density at radius 2 is 1.73 bits per heavy atom. The van der Waals surface area contributed by atoms with E-state index in [1.54, 1.807) is 7.11 Å². The van der Waals surface area contributed by atoms with Crippen LogP contribution in [0.3, 0.4) is 0 Å². The zero-order chi connectivity index (χ0) is 16.9. The summed E-state index contributed by atoms with van der Waals surface area (Å²) >= 11 is 0. The number of pyridine rings is 1. The van der Waals surface area contributed by atoms with Crippen LogP contribution < -0.4 is 45.0 Å². The van der Waals surface area contributed by atoms with Crippen LogP contribution in [0.5, 0.6) is 11.6 Å². The fourth-order valence-corrected chi connectivity index (χ4v) is 2.92. The summed E-state index contributed by atoms with van der Waals surface area (Å²) in [6, 6.07) is 16.5. The van der Waals surface area contributed by atoms with Crippen molar-refractivity contribution in [2.75, 3.05) is 20.3 Å². The lowest BCUT2D eigenvalue weighted by Gasteiger charge is -2.11. The van der Waals surface area contributed by atoms with Crippen LogP contribution in [0.2, 0.25) is 0 Å². The Hall–Kier alpha value is -2.01. The van der Waals surface area contributed by atoms with Crippen molar-refractivity contribution in [2.24, 2.45) is 0 Å². The molecule has 3 aromatic rings. The second-order valence-corrected chi connectivity index (χ2v) is 5.79. The SMILES string of the molecule is COc1ccc2c(OCCC[NH3+])[nH+]c(C)c(-c3ccccc3)c2c1.[Cl-].[Cl-]. The molecule has 4 nitrogen and oxygen atoms in total. The van der Waals surface area contributed by atoms with Gasteiger partial charge in [0.15, 0.2) is 5.69 Å². The molecule has 1 aromatic heterocycles. The van der Waals surface area contributed by atoms with Gasteiger partial charge in [0.25, 0.3) is 0 Å². The summed E-state index contributed by atoms with van der Waals surface area (Å²) in [5.74, 6) is 1.65. The Kier molecular flexibility index (Phi) is 8.66. The van der Waals surface area contributed by atoms with Gasteiger partial charge in [-0.1, -0.05) is 30.3 Å². The first-order valence-corrected chi connectivity index (χ1v) is 8.25. The molecule has 0 aliphatic carbocycles. The average Bonchev–Trinajstić information content (AvgIpc) is 2.62. The third-order valence-corrected chi connectivity index (χ3v) is 4.12. The fraction of sp³-hybridized carbons (Fsp3) is 0.250. The second kappa shape index (κ2) is 10.2. The minimum Gasteiger partial charge on any atom is -1.00 e. The largest absolute Gasteiger partial charge is 1.00 e. The number of benzene rings is 2. The molecule has 26 heavy (non-hydrogen) atoms. The van der Waals surface area contributed by atoms with Gasteiger partial charge in [0.2, 0.25) is 0 Å². The number of aryl methyl sites for hydroxylation is 1. The number of fused-ring (bicyclic) bond motifs is 1. The van der Waals surface area contributed by atoms with E-state index in [1.807, 2.05) is 12.1 Å². The van der Waals surface area contributed by atoms with Gasteiger partial charge in [0.1, 0.15) is 5.75 Å². The number of quaternary nitrogens is 1. The number of aromatic amines is 1. The number of hydrogen-bond acceptors (Lipinski definition) is 2. The summed E-state index contributed by atoms with van der Waals surface area (Å²) in [7, 11) is 1.69. The molecule has 0 saturated heterocycles. The molecule has 0 fully saturated rings. The van der Waals surface area contributed by atoms with E-state index in [4.69, 9.17) is 9.47 Å². The van der Waals surface area contributed by atoms with Gasteiger partial charge in [-0.25, -0.2) is 0 Å². The van der Waals surface area contributed by atoms with Crippen molar-refractivity contribution in [3.05, 3.63) is 54.2 Å². The normalized spacial score (nSPS) is 9.96. The molecule has 1 heterocycles. The molecule has 4 N–H and O–H groups in total. The first-order valence-electron chi connectivity index (χ1n) is 8.25. The lowest BCUT2D eigenvalue weighted by atomic mass is 9.97. The van der Waals surface area contributed by atoms with Gasteiger partial charge in [0.05, 0.1) is 31.2 Å². The van der Waals surface area contributed by atoms with E-state index in [0.717, 1.165) is 41.1 Å². The monoisotopic (exact) mass is 394 g/mol. The second-order valence-electron chi connectivity index (χ2n) is 5.79. The number of rotatable bonds is 6. The van der Waals surface area contributed by atoms with Gasteiger partial charge in [-0.3, -0.25) is 0 Å². The molecule has 0 amide bonds. The number of halogens is 2. The van der Waals surface area contributed by atoms with Gasteiger partial charge >= 0.3 is 5.88 Å². The topological polar surface area (TPSA) is 60.2 Å². The fourth-order valence-electron chi connectivity index (χ4n) is 2.92. The van der Waals surface area contributed by atoms with E-state index in [2.05, 4.69) is 54.0 Å². The number of aromatic nitrogens is 1. The Morgan fingerprint density at radius 3 is 2.38 bits per heavy atom. The molecule has 0 radical (unpaired) electrons. The molecule has 3 rings (SSSR count). The maximum Gasteiger partial charge on any atom is 0.374 e. The summed E-state index contributed by atoms with van der Waals surface area (Å²) in [6.07, 6.45) is 0.935. The van der Waals surface area contributed by atoms with E-state index in [0.29, 0.717) is 6.61 Å². The molecular formula is C20H24Cl2N2O2. The smallest absolute Gasteiger partial charge is 0.374 e. The quantitative estimate of drug-likeness (QED) is 0.444. The van der Waals surface area contributed by atoms with Gasteiger partial charge in [-0.2, -0.15) is 4.98 Å². The van der Waals surface area contributed by atoms with Crippen molar-refractivity contribution < 1.29 is 45.0 Å². The minimum atomic E-state index is 0. The van der Waals surface area contributed by atoms with E-state index in [-0.39, 0.29) is 24.8 Å². The lowest BCUT2D eigenvalue weighted by molar-refractivity contribution is -0.401. The number of nitrogens with one attached hydrogen (secondary N) is 1. The van der Waals surface area contributed by atoms with Gasteiger partial charge in [-0.15, -0.1) is 0 Å². The zero-order valence-electron chi connectivity index (χ0n) is 15.0. The third-order valence-electron chi connectivity index (χ3n) is 4.12. The molecule has 6 heteroatoms. The van der Waals surface area contributed by atoms with Crippen molar-refractivity contribution in [2.45, 2.75) is 13.3 Å². The summed E-state index contributed by atoms with van der Waals surface area (Å²) in [5.41, 5.74) is 7.29. The average molecular weight is 395 g/mol. The van der Waals surface area contributed by atoms with Crippen LogP contribution in [-0.2, 0) is 0 Å². The summed E-state index contributed by atoms with van der Waals surface area (Å²) in [5, 5.41) is 2.19. The van der Waals surface area contributed by atoms with Crippen LogP contribution in [-0.4, -0.2) is 20.3 Å².